The van der Waals surface area contributed by atoms with Crippen LogP contribution in [0.2, 0.25) is 0 Å². The number of carboxylic acids is 1. The topological polar surface area (TPSA) is 69.6 Å². The van der Waals surface area contributed by atoms with Crippen LogP contribution >= 0.6 is 0 Å². The van der Waals surface area contributed by atoms with Gasteiger partial charge in [0.15, 0.2) is 0 Å². The summed E-state index contributed by atoms with van der Waals surface area (Å²) in [4.78, 5) is 24.5. The molecule has 1 aliphatic rings. The lowest BCUT2D eigenvalue weighted by atomic mass is 10.0. The fourth-order valence-electron chi connectivity index (χ4n) is 2.57. The van der Waals surface area contributed by atoms with Crippen molar-refractivity contribution < 1.29 is 14.7 Å². The van der Waals surface area contributed by atoms with Gasteiger partial charge in [-0.25, -0.2) is 4.79 Å². The van der Waals surface area contributed by atoms with Crippen molar-refractivity contribution in [2.45, 2.75) is 52.5 Å². The molecule has 1 aliphatic heterocycles. The summed E-state index contributed by atoms with van der Waals surface area (Å²) in [6.45, 7) is 7.64. The van der Waals surface area contributed by atoms with Gasteiger partial charge in [-0.3, -0.25) is 4.79 Å². The molecule has 1 saturated heterocycles. The maximum atomic E-state index is 12.1. The number of hydrogen-bond donors (Lipinski definition) is 2. The highest BCUT2D eigenvalue weighted by atomic mass is 16.4. The quantitative estimate of drug-likeness (QED) is 0.778. The summed E-state index contributed by atoms with van der Waals surface area (Å²) in [5.74, 6) is -0.101. The van der Waals surface area contributed by atoms with Gasteiger partial charge >= 0.3 is 12.0 Å². The summed E-state index contributed by atoms with van der Waals surface area (Å²) in [5, 5.41) is 11.5. The van der Waals surface area contributed by atoms with Gasteiger partial charge in [-0.2, -0.15) is 0 Å². The fraction of sp³-hybridized carbons (Fsp3) is 0.857. The van der Waals surface area contributed by atoms with Crippen molar-refractivity contribution in [3.8, 4) is 0 Å². The number of urea groups is 1. The molecule has 2 N–H and O–H groups in total. The molecule has 0 radical (unpaired) electrons. The van der Waals surface area contributed by atoms with E-state index in [0.717, 1.165) is 19.4 Å². The molecule has 2 amide bonds. The van der Waals surface area contributed by atoms with Gasteiger partial charge in [0.2, 0.25) is 0 Å². The molecule has 0 spiro atoms. The van der Waals surface area contributed by atoms with Gasteiger partial charge in [0.1, 0.15) is 0 Å². The Kier molecular flexibility index (Phi) is 6.12. The molecule has 0 aromatic rings. The molecule has 1 rings (SSSR count). The van der Waals surface area contributed by atoms with Gasteiger partial charge in [-0.05, 0) is 31.1 Å². The molecule has 0 aromatic carbocycles. The number of nitrogens with zero attached hydrogens (tertiary/aromatic N) is 1. The number of nitrogens with one attached hydrogen (secondary N) is 1. The smallest absolute Gasteiger partial charge is 0.317 e. The molecule has 2 unspecified atom stereocenters. The van der Waals surface area contributed by atoms with Crippen LogP contribution in [0.3, 0.4) is 0 Å². The molecule has 1 heterocycles. The molecule has 0 aromatic heterocycles. The summed E-state index contributed by atoms with van der Waals surface area (Å²) in [7, 11) is 0. The van der Waals surface area contributed by atoms with Crippen molar-refractivity contribution >= 4 is 12.0 Å². The zero-order valence-corrected chi connectivity index (χ0v) is 12.2. The van der Waals surface area contributed by atoms with Crippen molar-refractivity contribution in [3.63, 3.8) is 0 Å². The van der Waals surface area contributed by atoms with E-state index in [2.05, 4.69) is 19.2 Å². The second kappa shape index (κ2) is 7.36. The van der Waals surface area contributed by atoms with Crippen molar-refractivity contribution in [2.75, 3.05) is 13.1 Å². The van der Waals surface area contributed by atoms with E-state index in [0.29, 0.717) is 24.9 Å². The van der Waals surface area contributed by atoms with E-state index in [1.165, 1.54) is 0 Å². The van der Waals surface area contributed by atoms with Crippen LogP contribution in [0.15, 0.2) is 0 Å². The number of aliphatic carboxylic acids is 1. The standard InChI is InChI=1S/C14H26N2O3/c1-10(2)12-5-4-8-16(12)14(19)15-9-11(3)6-7-13(17)18/h10-12H,4-9H2,1-3H3,(H,15,19)(H,17,18). The Balaban J connectivity index is 2.32. The van der Waals surface area contributed by atoms with Gasteiger partial charge < -0.3 is 15.3 Å². The first-order valence-corrected chi connectivity index (χ1v) is 7.18. The normalized spacial score (nSPS) is 20.6. The van der Waals surface area contributed by atoms with E-state index in [1.54, 1.807) is 0 Å². The summed E-state index contributed by atoms with van der Waals surface area (Å²) < 4.78 is 0. The van der Waals surface area contributed by atoms with E-state index < -0.39 is 5.97 Å². The van der Waals surface area contributed by atoms with Crippen molar-refractivity contribution in [1.29, 1.82) is 0 Å². The lowest BCUT2D eigenvalue weighted by molar-refractivity contribution is -0.137. The molecule has 1 fully saturated rings. The third kappa shape index (κ3) is 5.09. The molecule has 19 heavy (non-hydrogen) atoms. The molecule has 0 aliphatic carbocycles. The second-order valence-corrected chi connectivity index (χ2v) is 5.87. The molecule has 0 bridgehead atoms. The molecule has 2 atom stereocenters. The summed E-state index contributed by atoms with van der Waals surface area (Å²) in [6, 6.07) is 0.340. The van der Waals surface area contributed by atoms with E-state index in [-0.39, 0.29) is 18.4 Å². The zero-order valence-electron chi connectivity index (χ0n) is 12.2. The van der Waals surface area contributed by atoms with E-state index in [9.17, 15) is 9.59 Å². The monoisotopic (exact) mass is 270 g/mol. The number of likely N-dealkylation sites (tertiary alicyclic amines) is 1. The van der Waals surface area contributed by atoms with Crippen molar-refractivity contribution in [1.82, 2.24) is 10.2 Å². The minimum atomic E-state index is -0.780. The van der Waals surface area contributed by atoms with Gasteiger partial charge in [0.05, 0.1) is 0 Å². The summed E-state index contributed by atoms with van der Waals surface area (Å²) in [5.41, 5.74) is 0. The van der Waals surface area contributed by atoms with Gasteiger partial charge in [-0.1, -0.05) is 20.8 Å². The average molecular weight is 270 g/mol. The predicted octanol–water partition coefficient (Wildman–Crippen LogP) is 2.32. The Labute approximate surface area is 115 Å². The third-order valence-corrected chi connectivity index (χ3v) is 3.78. The van der Waals surface area contributed by atoms with Gasteiger partial charge in [0.25, 0.3) is 0 Å². The minimum Gasteiger partial charge on any atom is -0.481 e. The SMILES string of the molecule is CC(CCC(=O)O)CNC(=O)N1CCCC1C(C)C. The van der Waals surface area contributed by atoms with Crippen LogP contribution < -0.4 is 5.32 Å². The Hall–Kier alpha value is -1.26. The molecule has 0 saturated carbocycles. The van der Waals surface area contributed by atoms with Crippen LogP contribution in [-0.2, 0) is 4.79 Å². The van der Waals surface area contributed by atoms with Gasteiger partial charge in [-0.15, -0.1) is 0 Å². The molecule has 5 nitrogen and oxygen atoms in total. The Morgan fingerprint density at radius 1 is 1.37 bits per heavy atom. The van der Waals surface area contributed by atoms with Crippen LogP contribution in [0.1, 0.15) is 46.5 Å². The molecule has 110 valence electrons. The molecular weight excluding hydrogens is 244 g/mol. The number of carbonyl (C=O) groups excluding carboxylic acids is 1. The lowest BCUT2D eigenvalue weighted by Gasteiger charge is -2.28. The maximum absolute atomic E-state index is 12.1. The number of carboxylic acid groups (broad SMARTS) is 1. The second-order valence-electron chi connectivity index (χ2n) is 5.87. The van der Waals surface area contributed by atoms with Gasteiger partial charge in [0, 0.05) is 25.6 Å². The predicted molar refractivity (Wildman–Crippen MR) is 74.0 cm³/mol. The van der Waals surface area contributed by atoms with Crippen LogP contribution in [0, 0.1) is 11.8 Å². The largest absolute Gasteiger partial charge is 0.481 e. The first-order valence-electron chi connectivity index (χ1n) is 7.18. The average Bonchev–Trinajstić information content (AvgIpc) is 2.82. The van der Waals surface area contributed by atoms with E-state index >= 15 is 0 Å². The fourth-order valence-corrected chi connectivity index (χ4v) is 2.57. The van der Waals surface area contributed by atoms with Crippen LogP contribution in [-0.4, -0.2) is 41.1 Å². The highest BCUT2D eigenvalue weighted by molar-refractivity contribution is 5.74. The number of amides is 2. The Morgan fingerprint density at radius 3 is 2.63 bits per heavy atom. The highest BCUT2D eigenvalue weighted by Crippen LogP contribution is 2.23. The molecular formula is C14H26N2O3. The summed E-state index contributed by atoms with van der Waals surface area (Å²) in [6.07, 6.45) is 2.92. The zero-order chi connectivity index (χ0) is 14.4. The first kappa shape index (κ1) is 15.8. The van der Waals surface area contributed by atoms with Crippen molar-refractivity contribution in [2.24, 2.45) is 11.8 Å². The Bertz CT molecular complexity index is 318. The van der Waals surface area contributed by atoms with Crippen LogP contribution in [0.4, 0.5) is 4.79 Å². The minimum absolute atomic E-state index is 0.00150. The Morgan fingerprint density at radius 2 is 2.05 bits per heavy atom. The van der Waals surface area contributed by atoms with Crippen molar-refractivity contribution in [3.05, 3.63) is 0 Å². The van der Waals surface area contributed by atoms with Crippen LogP contribution in [0.25, 0.3) is 0 Å². The number of carbonyl (C=O) groups is 2. The number of hydrogen-bond acceptors (Lipinski definition) is 2. The van der Waals surface area contributed by atoms with E-state index in [4.69, 9.17) is 5.11 Å². The highest BCUT2D eigenvalue weighted by Gasteiger charge is 2.30. The van der Waals surface area contributed by atoms with Crippen LogP contribution in [0.5, 0.6) is 0 Å². The molecule has 5 heteroatoms. The third-order valence-electron chi connectivity index (χ3n) is 3.78. The first-order chi connectivity index (χ1) is 8.91. The lowest BCUT2D eigenvalue weighted by Crippen LogP contribution is -2.45. The maximum Gasteiger partial charge on any atom is 0.317 e. The van der Waals surface area contributed by atoms with E-state index in [1.807, 2.05) is 11.8 Å². The summed E-state index contributed by atoms with van der Waals surface area (Å²) >= 11 is 0. The number of rotatable bonds is 6.